The van der Waals surface area contributed by atoms with Crippen molar-refractivity contribution in [2.24, 2.45) is 0 Å². The molecule has 0 N–H and O–H groups in total. The van der Waals surface area contributed by atoms with Crippen LogP contribution in [0.15, 0.2) is 34.9 Å². The summed E-state index contributed by atoms with van der Waals surface area (Å²) in [7, 11) is 0. The first-order valence-corrected chi connectivity index (χ1v) is 6.49. The van der Waals surface area contributed by atoms with Crippen molar-refractivity contribution < 1.29 is 4.42 Å². The lowest BCUT2D eigenvalue weighted by Crippen LogP contribution is -1.90. The van der Waals surface area contributed by atoms with E-state index in [9.17, 15) is 0 Å². The first-order chi connectivity index (χ1) is 9.06. The Morgan fingerprint density at radius 2 is 1.63 bits per heavy atom. The zero-order valence-electron chi connectivity index (χ0n) is 11.7. The minimum Gasteiger partial charge on any atom is -0.462 e. The highest BCUT2D eigenvalue weighted by Crippen LogP contribution is 2.34. The molecule has 3 rings (SSSR count). The van der Waals surface area contributed by atoms with Gasteiger partial charge in [0.15, 0.2) is 5.58 Å². The Bertz CT molecular complexity index is 745. The summed E-state index contributed by atoms with van der Waals surface area (Å²) >= 11 is 0. The van der Waals surface area contributed by atoms with Crippen molar-refractivity contribution in [3.63, 3.8) is 0 Å². The Morgan fingerprint density at radius 1 is 0.947 bits per heavy atom. The number of benzene rings is 1. The van der Waals surface area contributed by atoms with E-state index in [2.05, 4.69) is 37.9 Å². The summed E-state index contributed by atoms with van der Waals surface area (Å²) in [4.78, 5) is 4.62. The van der Waals surface area contributed by atoms with Crippen molar-refractivity contribution in [3.05, 3.63) is 52.9 Å². The zero-order valence-corrected chi connectivity index (χ0v) is 11.7. The molecule has 0 unspecified atom stereocenters. The van der Waals surface area contributed by atoms with Crippen LogP contribution in [0.2, 0.25) is 0 Å². The summed E-state index contributed by atoms with van der Waals surface area (Å²) in [6.45, 7) is 8.42. The van der Waals surface area contributed by atoms with Crippen LogP contribution in [0, 0.1) is 27.7 Å². The predicted octanol–water partition coefficient (Wildman–Crippen LogP) is 4.73. The van der Waals surface area contributed by atoms with Gasteiger partial charge in [-0.1, -0.05) is 17.7 Å². The van der Waals surface area contributed by atoms with E-state index in [4.69, 9.17) is 4.42 Å². The highest BCUT2D eigenvalue weighted by Gasteiger charge is 2.14. The maximum absolute atomic E-state index is 5.64. The van der Waals surface area contributed by atoms with Gasteiger partial charge < -0.3 is 4.42 Å². The van der Waals surface area contributed by atoms with Gasteiger partial charge in [0.05, 0.1) is 0 Å². The van der Waals surface area contributed by atoms with Crippen LogP contribution in [-0.2, 0) is 0 Å². The molecule has 2 aromatic heterocycles. The second-order valence-corrected chi connectivity index (χ2v) is 5.22. The highest BCUT2D eigenvalue weighted by atomic mass is 16.3. The highest BCUT2D eigenvalue weighted by molar-refractivity contribution is 5.92. The van der Waals surface area contributed by atoms with Crippen LogP contribution in [0.5, 0.6) is 0 Å². The molecule has 0 atom stereocenters. The molecule has 2 heterocycles. The Kier molecular flexibility index (Phi) is 2.67. The zero-order chi connectivity index (χ0) is 13.6. The Labute approximate surface area is 113 Å². The van der Waals surface area contributed by atoms with Gasteiger partial charge in [-0.25, -0.2) is 4.98 Å². The van der Waals surface area contributed by atoms with Gasteiger partial charge in [-0.05, 0) is 56.5 Å². The fourth-order valence-corrected chi connectivity index (χ4v) is 2.79. The van der Waals surface area contributed by atoms with E-state index < -0.39 is 0 Å². The molecule has 0 radical (unpaired) electrons. The van der Waals surface area contributed by atoms with Crippen molar-refractivity contribution in [2.75, 3.05) is 0 Å². The summed E-state index contributed by atoms with van der Waals surface area (Å²) in [5, 5.41) is 0. The number of fused-ring (bicyclic) bond motifs is 1. The quantitative estimate of drug-likeness (QED) is 0.625. The summed E-state index contributed by atoms with van der Waals surface area (Å²) in [6, 6.07) is 8.37. The SMILES string of the molecule is Cc1cc(C)c(-c2coc3ccc(C)nc23)c(C)c1. The third kappa shape index (κ3) is 1.93. The summed E-state index contributed by atoms with van der Waals surface area (Å²) in [6.07, 6.45) is 1.82. The van der Waals surface area contributed by atoms with Gasteiger partial charge in [0.1, 0.15) is 11.8 Å². The Morgan fingerprint density at radius 3 is 2.32 bits per heavy atom. The molecule has 3 aromatic rings. The largest absolute Gasteiger partial charge is 0.462 e. The maximum atomic E-state index is 5.64. The van der Waals surface area contributed by atoms with Gasteiger partial charge in [0.25, 0.3) is 0 Å². The van der Waals surface area contributed by atoms with Crippen molar-refractivity contribution in [1.82, 2.24) is 4.98 Å². The van der Waals surface area contributed by atoms with E-state index in [1.165, 1.54) is 22.3 Å². The van der Waals surface area contributed by atoms with Crippen molar-refractivity contribution >= 4 is 11.1 Å². The molecular formula is C17H17NO. The van der Waals surface area contributed by atoms with Crippen LogP contribution in [0.25, 0.3) is 22.2 Å². The molecule has 0 spiro atoms. The molecule has 2 nitrogen and oxygen atoms in total. The lowest BCUT2D eigenvalue weighted by Gasteiger charge is -2.09. The standard InChI is InChI=1S/C17H17NO/c1-10-7-11(2)16(12(3)8-10)14-9-19-15-6-5-13(4)18-17(14)15/h5-9H,1-4H3. The minimum atomic E-state index is 0.847. The molecule has 1 aromatic carbocycles. The molecule has 0 aliphatic heterocycles. The number of furan rings is 1. The summed E-state index contributed by atoms with van der Waals surface area (Å²) in [5.41, 5.74) is 8.96. The molecular weight excluding hydrogens is 234 g/mol. The monoisotopic (exact) mass is 251 g/mol. The molecule has 96 valence electrons. The van der Waals surface area contributed by atoms with Crippen molar-refractivity contribution in [3.8, 4) is 11.1 Å². The fourth-order valence-electron chi connectivity index (χ4n) is 2.79. The fraction of sp³-hybridized carbons (Fsp3) is 0.235. The number of rotatable bonds is 1. The minimum absolute atomic E-state index is 0.847. The second kappa shape index (κ2) is 4.23. The first kappa shape index (κ1) is 12.0. The normalized spacial score (nSPS) is 11.2. The van der Waals surface area contributed by atoms with E-state index in [1.807, 2.05) is 25.3 Å². The van der Waals surface area contributed by atoms with E-state index in [1.54, 1.807) is 0 Å². The van der Waals surface area contributed by atoms with Crippen LogP contribution in [0.1, 0.15) is 22.4 Å². The van der Waals surface area contributed by atoms with E-state index in [-0.39, 0.29) is 0 Å². The number of hydrogen-bond acceptors (Lipinski definition) is 2. The molecule has 0 fully saturated rings. The van der Waals surface area contributed by atoms with Crippen LogP contribution in [-0.4, -0.2) is 4.98 Å². The van der Waals surface area contributed by atoms with Crippen LogP contribution < -0.4 is 0 Å². The lowest BCUT2D eigenvalue weighted by atomic mass is 9.95. The topological polar surface area (TPSA) is 26.0 Å². The van der Waals surface area contributed by atoms with Gasteiger partial charge in [0.2, 0.25) is 0 Å². The van der Waals surface area contributed by atoms with Crippen LogP contribution >= 0.6 is 0 Å². The Hall–Kier alpha value is -2.09. The number of aromatic nitrogens is 1. The molecule has 0 saturated heterocycles. The van der Waals surface area contributed by atoms with Crippen molar-refractivity contribution in [2.45, 2.75) is 27.7 Å². The summed E-state index contributed by atoms with van der Waals surface area (Å²) < 4.78 is 5.64. The van der Waals surface area contributed by atoms with Gasteiger partial charge >= 0.3 is 0 Å². The Balaban J connectivity index is 2.33. The van der Waals surface area contributed by atoms with Crippen LogP contribution in [0.3, 0.4) is 0 Å². The molecule has 0 amide bonds. The molecule has 0 bridgehead atoms. The molecule has 0 aliphatic rings. The smallest absolute Gasteiger partial charge is 0.152 e. The van der Waals surface area contributed by atoms with E-state index in [0.29, 0.717) is 0 Å². The molecule has 2 heteroatoms. The number of pyridine rings is 1. The molecule has 0 saturated carbocycles. The van der Waals surface area contributed by atoms with Gasteiger partial charge in [-0.2, -0.15) is 0 Å². The second-order valence-electron chi connectivity index (χ2n) is 5.22. The average Bonchev–Trinajstić information content (AvgIpc) is 2.71. The van der Waals surface area contributed by atoms with E-state index in [0.717, 1.165) is 22.4 Å². The molecule has 0 aliphatic carbocycles. The van der Waals surface area contributed by atoms with Gasteiger partial charge in [0, 0.05) is 11.3 Å². The summed E-state index contributed by atoms with van der Waals surface area (Å²) in [5.74, 6) is 0. The lowest BCUT2D eigenvalue weighted by molar-refractivity contribution is 0.616. The number of nitrogens with zero attached hydrogens (tertiary/aromatic N) is 1. The predicted molar refractivity (Wildman–Crippen MR) is 78.4 cm³/mol. The van der Waals surface area contributed by atoms with Crippen molar-refractivity contribution in [1.29, 1.82) is 0 Å². The van der Waals surface area contributed by atoms with Crippen LogP contribution in [0.4, 0.5) is 0 Å². The third-order valence-corrected chi connectivity index (χ3v) is 3.50. The molecule has 19 heavy (non-hydrogen) atoms. The third-order valence-electron chi connectivity index (χ3n) is 3.50. The number of aryl methyl sites for hydroxylation is 4. The number of hydrogen-bond donors (Lipinski definition) is 0. The van der Waals surface area contributed by atoms with Gasteiger partial charge in [-0.3, -0.25) is 0 Å². The van der Waals surface area contributed by atoms with E-state index >= 15 is 0 Å². The maximum Gasteiger partial charge on any atom is 0.152 e. The first-order valence-electron chi connectivity index (χ1n) is 6.49. The average molecular weight is 251 g/mol. The van der Waals surface area contributed by atoms with Gasteiger partial charge in [-0.15, -0.1) is 0 Å².